The van der Waals surface area contributed by atoms with Crippen molar-refractivity contribution in [2.45, 2.75) is 38.1 Å². The van der Waals surface area contributed by atoms with Crippen molar-refractivity contribution in [2.75, 3.05) is 26.7 Å². The number of nitrogens with one attached hydrogen (secondary N) is 1. The molecule has 4 rings (SSSR count). The van der Waals surface area contributed by atoms with Gasteiger partial charge in [-0.3, -0.25) is 0 Å². The molecule has 24 heavy (non-hydrogen) atoms. The number of piperidine rings is 1. The second-order valence-electron chi connectivity index (χ2n) is 6.98. The lowest BCUT2D eigenvalue weighted by Gasteiger charge is -2.31. The highest BCUT2D eigenvalue weighted by Gasteiger charge is 2.23. The fourth-order valence-corrected chi connectivity index (χ4v) is 3.57. The summed E-state index contributed by atoms with van der Waals surface area (Å²) in [5, 5.41) is 3.70. The molecule has 128 valence electrons. The van der Waals surface area contributed by atoms with Crippen molar-refractivity contribution in [3.05, 3.63) is 42.4 Å². The zero-order valence-electron chi connectivity index (χ0n) is 14.3. The Hall–Kier alpha value is -1.69. The molecule has 0 amide bonds. The summed E-state index contributed by atoms with van der Waals surface area (Å²) in [5.41, 5.74) is 2.21. The average molecular weight is 326 g/mol. The number of fused-ring (bicyclic) bond motifs is 1. The predicted octanol–water partition coefficient (Wildman–Crippen LogP) is 2.13. The summed E-state index contributed by atoms with van der Waals surface area (Å²) >= 11 is 0. The van der Waals surface area contributed by atoms with Crippen molar-refractivity contribution in [1.29, 1.82) is 0 Å². The summed E-state index contributed by atoms with van der Waals surface area (Å²) in [7, 11) is 2.20. The molecule has 1 aromatic carbocycles. The van der Waals surface area contributed by atoms with Crippen LogP contribution in [0.25, 0.3) is 11.3 Å². The van der Waals surface area contributed by atoms with E-state index in [4.69, 9.17) is 9.72 Å². The van der Waals surface area contributed by atoms with Gasteiger partial charge in [0.1, 0.15) is 12.4 Å². The molecule has 2 aliphatic rings. The molecule has 1 fully saturated rings. The van der Waals surface area contributed by atoms with E-state index in [1.165, 1.54) is 31.5 Å². The Morgan fingerprint density at radius 1 is 1.21 bits per heavy atom. The lowest BCUT2D eigenvalue weighted by atomic mass is 10.1. The molecule has 0 spiro atoms. The van der Waals surface area contributed by atoms with Crippen molar-refractivity contribution in [3.8, 4) is 11.3 Å². The van der Waals surface area contributed by atoms with Gasteiger partial charge in [0.2, 0.25) is 0 Å². The Labute approximate surface area is 143 Å². The van der Waals surface area contributed by atoms with Crippen LogP contribution in [0.15, 0.2) is 36.5 Å². The van der Waals surface area contributed by atoms with Gasteiger partial charge in [0.05, 0.1) is 18.3 Å². The van der Waals surface area contributed by atoms with Gasteiger partial charge in [-0.05, 0) is 33.0 Å². The van der Waals surface area contributed by atoms with Crippen LogP contribution in [0.2, 0.25) is 0 Å². The molecule has 0 radical (unpaired) electrons. The van der Waals surface area contributed by atoms with Crippen molar-refractivity contribution < 1.29 is 4.74 Å². The largest absolute Gasteiger partial charge is 0.367 e. The van der Waals surface area contributed by atoms with Crippen molar-refractivity contribution in [2.24, 2.45) is 0 Å². The number of ether oxygens (including phenoxy) is 1. The number of imidazole rings is 1. The lowest BCUT2D eigenvalue weighted by Crippen LogP contribution is -2.45. The van der Waals surface area contributed by atoms with Gasteiger partial charge >= 0.3 is 0 Å². The van der Waals surface area contributed by atoms with Gasteiger partial charge in [0.25, 0.3) is 0 Å². The third kappa shape index (κ3) is 3.53. The Balaban J connectivity index is 1.35. The molecule has 1 aromatic heterocycles. The number of aromatic nitrogens is 2. The van der Waals surface area contributed by atoms with E-state index in [0.29, 0.717) is 12.6 Å². The molecule has 0 aliphatic carbocycles. The highest BCUT2D eigenvalue weighted by molar-refractivity contribution is 5.58. The van der Waals surface area contributed by atoms with Crippen LogP contribution >= 0.6 is 0 Å². The standard InChI is InChI=1S/C19H26N4O/c1-22-9-7-16(8-10-22)20-11-17-12-23-13-18(21-19(23)14-24-17)15-5-3-2-4-6-15/h2-6,13,16-17,20H,7-12,14H2,1H3/t17-/m0/s1. The molecule has 3 heterocycles. The predicted molar refractivity (Wildman–Crippen MR) is 94.8 cm³/mol. The topological polar surface area (TPSA) is 42.3 Å². The van der Waals surface area contributed by atoms with E-state index in [-0.39, 0.29) is 6.10 Å². The molecule has 1 N–H and O–H groups in total. The number of hydrogen-bond acceptors (Lipinski definition) is 4. The van der Waals surface area contributed by atoms with Gasteiger partial charge < -0.3 is 19.5 Å². The minimum atomic E-state index is 0.231. The van der Waals surface area contributed by atoms with Crippen LogP contribution in [0.5, 0.6) is 0 Å². The number of hydrogen-bond donors (Lipinski definition) is 1. The second-order valence-corrected chi connectivity index (χ2v) is 6.98. The van der Waals surface area contributed by atoms with E-state index in [9.17, 15) is 0 Å². The third-order valence-electron chi connectivity index (χ3n) is 5.13. The van der Waals surface area contributed by atoms with Crippen molar-refractivity contribution in [1.82, 2.24) is 19.8 Å². The SMILES string of the molecule is CN1CCC(NC[C@H]2Cn3cc(-c4ccccc4)nc3CO2)CC1. The fraction of sp³-hybridized carbons (Fsp3) is 0.526. The van der Waals surface area contributed by atoms with Gasteiger partial charge in [-0.25, -0.2) is 4.98 Å². The summed E-state index contributed by atoms with van der Waals surface area (Å²) in [5.74, 6) is 1.03. The molecular weight excluding hydrogens is 300 g/mol. The number of benzene rings is 1. The molecule has 1 saturated heterocycles. The average Bonchev–Trinajstić information content (AvgIpc) is 3.05. The Morgan fingerprint density at radius 2 is 2.00 bits per heavy atom. The van der Waals surface area contributed by atoms with Crippen LogP contribution in [0.4, 0.5) is 0 Å². The summed E-state index contributed by atoms with van der Waals surface area (Å²) < 4.78 is 8.27. The molecule has 0 unspecified atom stereocenters. The van der Waals surface area contributed by atoms with Crippen molar-refractivity contribution >= 4 is 0 Å². The summed E-state index contributed by atoms with van der Waals surface area (Å²) in [4.78, 5) is 7.13. The van der Waals surface area contributed by atoms with E-state index < -0.39 is 0 Å². The maximum absolute atomic E-state index is 6.01. The van der Waals surface area contributed by atoms with Crippen LogP contribution in [0, 0.1) is 0 Å². The van der Waals surface area contributed by atoms with E-state index in [0.717, 1.165) is 24.6 Å². The van der Waals surface area contributed by atoms with Gasteiger partial charge in [-0.2, -0.15) is 0 Å². The van der Waals surface area contributed by atoms with Crippen LogP contribution in [0.1, 0.15) is 18.7 Å². The second kappa shape index (κ2) is 7.05. The Bertz CT molecular complexity index is 661. The minimum absolute atomic E-state index is 0.231. The number of rotatable bonds is 4. The maximum atomic E-state index is 6.01. The number of likely N-dealkylation sites (tertiary alicyclic amines) is 1. The lowest BCUT2D eigenvalue weighted by molar-refractivity contribution is 0.000430. The summed E-state index contributed by atoms with van der Waals surface area (Å²) in [6, 6.07) is 11.0. The first-order valence-corrected chi connectivity index (χ1v) is 8.93. The third-order valence-corrected chi connectivity index (χ3v) is 5.13. The molecule has 1 atom stereocenters. The van der Waals surface area contributed by atoms with Crippen LogP contribution < -0.4 is 5.32 Å². The molecule has 2 aliphatic heterocycles. The van der Waals surface area contributed by atoms with Crippen LogP contribution in [-0.4, -0.2) is 53.3 Å². The fourth-order valence-electron chi connectivity index (χ4n) is 3.57. The van der Waals surface area contributed by atoms with E-state index >= 15 is 0 Å². The Morgan fingerprint density at radius 3 is 2.79 bits per heavy atom. The molecule has 0 bridgehead atoms. The zero-order valence-corrected chi connectivity index (χ0v) is 14.3. The monoisotopic (exact) mass is 326 g/mol. The Kier molecular flexibility index (Phi) is 4.65. The maximum Gasteiger partial charge on any atom is 0.135 e. The summed E-state index contributed by atoms with van der Waals surface area (Å²) in [6.45, 7) is 4.79. The van der Waals surface area contributed by atoms with Gasteiger partial charge in [-0.15, -0.1) is 0 Å². The van der Waals surface area contributed by atoms with Crippen LogP contribution in [0.3, 0.4) is 0 Å². The van der Waals surface area contributed by atoms with E-state index in [1.807, 2.05) is 6.07 Å². The molecule has 5 heteroatoms. The highest BCUT2D eigenvalue weighted by Crippen LogP contribution is 2.22. The molecular formula is C19H26N4O. The minimum Gasteiger partial charge on any atom is -0.367 e. The quantitative estimate of drug-likeness (QED) is 0.935. The normalized spacial score (nSPS) is 22.5. The first kappa shape index (κ1) is 15.8. The highest BCUT2D eigenvalue weighted by atomic mass is 16.5. The molecule has 2 aromatic rings. The molecule has 0 saturated carbocycles. The van der Waals surface area contributed by atoms with E-state index in [1.54, 1.807) is 0 Å². The number of nitrogens with zero attached hydrogens (tertiary/aromatic N) is 3. The first-order valence-electron chi connectivity index (χ1n) is 8.93. The van der Waals surface area contributed by atoms with Crippen molar-refractivity contribution in [3.63, 3.8) is 0 Å². The van der Waals surface area contributed by atoms with Gasteiger partial charge in [-0.1, -0.05) is 30.3 Å². The van der Waals surface area contributed by atoms with Gasteiger partial charge in [0.15, 0.2) is 0 Å². The first-order chi connectivity index (χ1) is 11.8. The van der Waals surface area contributed by atoms with E-state index in [2.05, 4.69) is 52.3 Å². The van der Waals surface area contributed by atoms with Gasteiger partial charge in [0, 0.05) is 24.3 Å². The molecule has 5 nitrogen and oxygen atoms in total. The smallest absolute Gasteiger partial charge is 0.135 e. The zero-order chi connectivity index (χ0) is 16.4. The van der Waals surface area contributed by atoms with Crippen LogP contribution in [-0.2, 0) is 17.9 Å². The summed E-state index contributed by atoms with van der Waals surface area (Å²) in [6.07, 6.45) is 4.86.